The van der Waals surface area contributed by atoms with Crippen molar-refractivity contribution in [2.24, 2.45) is 0 Å². The van der Waals surface area contributed by atoms with Crippen LogP contribution in [0.1, 0.15) is 11.1 Å². The molecule has 0 fully saturated rings. The van der Waals surface area contributed by atoms with Gasteiger partial charge in [0.05, 0.1) is 21.3 Å². The summed E-state index contributed by atoms with van der Waals surface area (Å²) in [6.07, 6.45) is 0. The normalized spacial score (nSPS) is 10.5. The maximum absolute atomic E-state index is 13.6. The number of anilines is 1. The predicted octanol–water partition coefficient (Wildman–Crippen LogP) is 3.21. The fourth-order valence-corrected chi connectivity index (χ4v) is 2.69. The largest absolute Gasteiger partial charge is 0.496 e. The maximum atomic E-state index is 13.6. The van der Waals surface area contributed by atoms with Gasteiger partial charge in [0.1, 0.15) is 11.6 Å². The van der Waals surface area contributed by atoms with Gasteiger partial charge >= 0.3 is 0 Å². The molecule has 0 saturated carbocycles. The minimum absolute atomic E-state index is 0.244. The Labute approximate surface area is 148 Å². The number of hydrogen-bond donors (Lipinski definition) is 1. The number of ether oxygens (including phenoxy) is 3. The zero-order valence-electron chi connectivity index (χ0n) is 15.4. The molecule has 0 spiro atoms. The van der Waals surface area contributed by atoms with Crippen LogP contribution in [0.5, 0.6) is 17.2 Å². The molecule has 1 N–H and O–H groups in total. The Bertz CT molecular complexity index is 720. The van der Waals surface area contributed by atoms with Crippen molar-refractivity contribution in [1.29, 1.82) is 0 Å². The Morgan fingerprint density at radius 3 is 2.04 bits per heavy atom. The van der Waals surface area contributed by atoms with Crippen molar-refractivity contribution < 1.29 is 18.6 Å². The summed E-state index contributed by atoms with van der Waals surface area (Å²) in [6, 6.07) is 8.47. The van der Waals surface area contributed by atoms with Crippen LogP contribution in [-0.2, 0) is 13.1 Å². The zero-order valence-corrected chi connectivity index (χ0v) is 15.4. The first-order valence-corrected chi connectivity index (χ1v) is 7.95. The molecule has 0 saturated heterocycles. The van der Waals surface area contributed by atoms with Crippen molar-refractivity contribution >= 4 is 5.69 Å². The molecule has 0 aliphatic rings. The van der Waals surface area contributed by atoms with Gasteiger partial charge in [0, 0.05) is 44.5 Å². The second-order valence-corrected chi connectivity index (χ2v) is 5.79. The first kappa shape index (κ1) is 18.9. The van der Waals surface area contributed by atoms with E-state index in [4.69, 9.17) is 14.2 Å². The minimum Gasteiger partial charge on any atom is -0.496 e. The van der Waals surface area contributed by atoms with Crippen molar-refractivity contribution in [1.82, 2.24) is 5.32 Å². The lowest BCUT2D eigenvalue weighted by Crippen LogP contribution is -2.18. The number of halogens is 1. The Morgan fingerprint density at radius 1 is 0.840 bits per heavy atom. The fourth-order valence-electron chi connectivity index (χ4n) is 2.69. The summed E-state index contributed by atoms with van der Waals surface area (Å²) in [5.74, 6) is 1.71. The molecule has 0 heterocycles. The number of nitrogens with zero attached hydrogens (tertiary/aromatic N) is 1. The van der Waals surface area contributed by atoms with Crippen LogP contribution in [0.4, 0.5) is 10.1 Å². The SMILES string of the molecule is COc1cc(OC)c(OC)cc1CNCc1cc(F)ccc1N(C)C. The van der Waals surface area contributed by atoms with Gasteiger partial charge in [-0.15, -0.1) is 0 Å². The first-order chi connectivity index (χ1) is 12.0. The number of rotatable bonds is 8. The molecule has 0 aliphatic carbocycles. The molecule has 6 heteroatoms. The lowest BCUT2D eigenvalue weighted by atomic mass is 10.1. The molecule has 0 amide bonds. The molecule has 0 bridgehead atoms. The Morgan fingerprint density at radius 2 is 1.44 bits per heavy atom. The van der Waals surface area contributed by atoms with Gasteiger partial charge in [0.15, 0.2) is 11.5 Å². The Hall–Kier alpha value is -2.47. The predicted molar refractivity (Wildman–Crippen MR) is 97.4 cm³/mol. The fraction of sp³-hybridized carbons (Fsp3) is 0.368. The van der Waals surface area contributed by atoms with Crippen molar-refractivity contribution in [2.75, 3.05) is 40.3 Å². The standard InChI is InChI=1S/C19H25FN2O3/c1-22(2)16-7-6-15(20)8-13(16)11-21-12-14-9-18(24-4)19(25-5)10-17(14)23-3/h6-10,21H,11-12H2,1-5H3. The van der Waals surface area contributed by atoms with Gasteiger partial charge in [0.2, 0.25) is 0 Å². The summed E-state index contributed by atoms with van der Waals surface area (Å²) in [5.41, 5.74) is 2.81. The maximum Gasteiger partial charge on any atom is 0.164 e. The number of nitrogens with one attached hydrogen (secondary N) is 1. The number of hydrogen-bond acceptors (Lipinski definition) is 5. The van der Waals surface area contributed by atoms with Crippen LogP contribution in [0, 0.1) is 5.82 Å². The van der Waals surface area contributed by atoms with Crippen LogP contribution in [0.3, 0.4) is 0 Å². The average molecular weight is 348 g/mol. The van der Waals surface area contributed by atoms with E-state index in [-0.39, 0.29) is 5.82 Å². The van der Waals surface area contributed by atoms with Gasteiger partial charge in [-0.05, 0) is 29.8 Å². The molecule has 0 aliphatic heterocycles. The summed E-state index contributed by atoms with van der Waals surface area (Å²) in [6.45, 7) is 1.08. The average Bonchev–Trinajstić information content (AvgIpc) is 2.60. The van der Waals surface area contributed by atoms with E-state index in [0.717, 1.165) is 16.8 Å². The van der Waals surface area contributed by atoms with Crippen molar-refractivity contribution in [3.63, 3.8) is 0 Å². The highest BCUT2D eigenvalue weighted by atomic mass is 19.1. The summed E-state index contributed by atoms with van der Waals surface area (Å²) < 4.78 is 29.6. The molecular weight excluding hydrogens is 323 g/mol. The third kappa shape index (κ3) is 4.54. The monoisotopic (exact) mass is 348 g/mol. The quantitative estimate of drug-likeness (QED) is 0.793. The molecule has 0 radical (unpaired) electrons. The minimum atomic E-state index is -0.244. The first-order valence-electron chi connectivity index (χ1n) is 7.95. The Kier molecular flexibility index (Phi) is 6.47. The molecule has 0 aromatic heterocycles. The van der Waals surface area contributed by atoms with Gasteiger partial charge in [-0.25, -0.2) is 4.39 Å². The molecule has 136 valence electrons. The highest BCUT2D eigenvalue weighted by Gasteiger charge is 2.12. The van der Waals surface area contributed by atoms with Gasteiger partial charge in [-0.2, -0.15) is 0 Å². The summed E-state index contributed by atoms with van der Waals surface area (Å²) in [4.78, 5) is 1.97. The summed E-state index contributed by atoms with van der Waals surface area (Å²) in [7, 11) is 8.67. The smallest absolute Gasteiger partial charge is 0.164 e. The van der Waals surface area contributed by atoms with Crippen LogP contribution >= 0.6 is 0 Å². The van der Waals surface area contributed by atoms with E-state index in [2.05, 4.69) is 5.32 Å². The van der Waals surface area contributed by atoms with E-state index in [0.29, 0.717) is 30.3 Å². The van der Waals surface area contributed by atoms with Crippen LogP contribution in [0.25, 0.3) is 0 Å². The van der Waals surface area contributed by atoms with Crippen LogP contribution in [-0.4, -0.2) is 35.4 Å². The summed E-state index contributed by atoms with van der Waals surface area (Å²) in [5, 5.41) is 3.33. The van der Waals surface area contributed by atoms with E-state index in [1.807, 2.05) is 25.1 Å². The molecule has 0 unspecified atom stereocenters. The topological polar surface area (TPSA) is 43.0 Å². The second-order valence-electron chi connectivity index (χ2n) is 5.79. The van der Waals surface area contributed by atoms with Crippen LogP contribution in [0.15, 0.2) is 30.3 Å². The van der Waals surface area contributed by atoms with E-state index < -0.39 is 0 Å². The van der Waals surface area contributed by atoms with E-state index in [9.17, 15) is 4.39 Å². The molecule has 2 aromatic rings. The highest BCUT2D eigenvalue weighted by molar-refractivity contribution is 5.53. The molecule has 5 nitrogen and oxygen atoms in total. The molecule has 2 aromatic carbocycles. The van der Waals surface area contributed by atoms with E-state index in [1.54, 1.807) is 39.5 Å². The molecular formula is C19H25FN2O3. The number of methoxy groups -OCH3 is 3. The van der Waals surface area contributed by atoms with E-state index >= 15 is 0 Å². The van der Waals surface area contributed by atoms with Crippen LogP contribution < -0.4 is 24.4 Å². The lowest BCUT2D eigenvalue weighted by molar-refractivity contribution is 0.347. The van der Waals surface area contributed by atoms with Crippen molar-refractivity contribution in [2.45, 2.75) is 13.1 Å². The third-order valence-electron chi connectivity index (χ3n) is 3.94. The second kappa shape index (κ2) is 8.58. The Balaban J connectivity index is 2.16. The lowest BCUT2D eigenvalue weighted by Gasteiger charge is -2.18. The van der Waals surface area contributed by atoms with E-state index in [1.165, 1.54) is 6.07 Å². The van der Waals surface area contributed by atoms with Gasteiger partial charge < -0.3 is 24.4 Å². The summed E-state index contributed by atoms with van der Waals surface area (Å²) >= 11 is 0. The number of benzene rings is 2. The molecule has 0 atom stereocenters. The van der Waals surface area contributed by atoms with Gasteiger partial charge in [-0.3, -0.25) is 0 Å². The highest BCUT2D eigenvalue weighted by Crippen LogP contribution is 2.34. The van der Waals surface area contributed by atoms with Crippen LogP contribution in [0.2, 0.25) is 0 Å². The van der Waals surface area contributed by atoms with Gasteiger partial charge in [-0.1, -0.05) is 0 Å². The third-order valence-corrected chi connectivity index (χ3v) is 3.94. The van der Waals surface area contributed by atoms with Crippen molar-refractivity contribution in [3.05, 3.63) is 47.3 Å². The molecule has 2 rings (SSSR count). The zero-order chi connectivity index (χ0) is 18.4. The van der Waals surface area contributed by atoms with Gasteiger partial charge in [0.25, 0.3) is 0 Å². The molecule has 25 heavy (non-hydrogen) atoms. The van der Waals surface area contributed by atoms with Crippen molar-refractivity contribution in [3.8, 4) is 17.2 Å².